The second kappa shape index (κ2) is 22.5. The number of likely N-dealkylation sites (tertiary alicyclic amines) is 2. The zero-order valence-corrected chi connectivity index (χ0v) is 45.5. The number of benzene rings is 2. The van der Waals surface area contributed by atoms with E-state index in [9.17, 15) is 38.4 Å². The maximum atomic E-state index is 13.9. The molecule has 404 valence electrons. The molecule has 0 unspecified atom stereocenters. The molecular formula is C53H76Cl2N6O12. The van der Waals surface area contributed by atoms with Crippen LogP contribution < -0.4 is 20.4 Å². The van der Waals surface area contributed by atoms with Gasteiger partial charge in [0.2, 0.25) is 23.6 Å². The number of ether oxygens (including phenoxy) is 4. The van der Waals surface area contributed by atoms with E-state index < -0.39 is 93.0 Å². The van der Waals surface area contributed by atoms with Gasteiger partial charge in [-0.1, -0.05) is 84.3 Å². The van der Waals surface area contributed by atoms with Gasteiger partial charge in [-0.05, 0) is 102 Å². The first-order chi connectivity index (χ1) is 33.1. The fraction of sp³-hybridized carbons (Fsp3) is 0.623. The van der Waals surface area contributed by atoms with E-state index in [0.29, 0.717) is 34.5 Å². The first kappa shape index (κ1) is 59.9. The number of halogens is 2. The lowest BCUT2D eigenvalue weighted by molar-refractivity contribution is -0.152. The van der Waals surface area contributed by atoms with Crippen molar-refractivity contribution in [3.05, 3.63) is 58.6 Å². The lowest BCUT2D eigenvalue weighted by Gasteiger charge is -2.35. The van der Waals surface area contributed by atoms with Gasteiger partial charge in [0.1, 0.15) is 35.4 Å². The monoisotopic (exact) mass is 1060 g/mol. The second-order valence-electron chi connectivity index (χ2n) is 23.6. The highest BCUT2D eigenvalue weighted by atomic mass is 35.5. The van der Waals surface area contributed by atoms with E-state index in [1.165, 1.54) is 24.0 Å². The molecule has 2 aromatic carbocycles. The van der Waals surface area contributed by atoms with Crippen molar-refractivity contribution in [3.63, 3.8) is 0 Å². The van der Waals surface area contributed by atoms with Gasteiger partial charge in [0.25, 0.3) is 0 Å². The van der Waals surface area contributed by atoms with Crippen LogP contribution in [0.1, 0.15) is 116 Å². The van der Waals surface area contributed by atoms with Gasteiger partial charge in [0.05, 0.1) is 14.2 Å². The molecule has 2 spiro atoms. The molecule has 6 atom stereocenters. The molecule has 0 radical (unpaired) electrons. The van der Waals surface area contributed by atoms with Crippen LogP contribution in [0, 0.1) is 21.7 Å². The third-order valence-corrected chi connectivity index (χ3v) is 13.4. The summed E-state index contributed by atoms with van der Waals surface area (Å²) in [7, 11) is 2.54. The van der Waals surface area contributed by atoms with Crippen LogP contribution in [0.5, 0.6) is 0 Å². The van der Waals surface area contributed by atoms with E-state index in [-0.39, 0.29) is 58.0 Å². The first-order valence-corrected chi connectivity index (χ1v) is 24.7. The number of hydrogen-bond donors (Lipinski definition) is 2. The fourth-order valence-corrected chi connectivity index (χ4v) is 10.2. The minimum Gasteiger partial charge on any atom is -0.467 e. The van der Waals surface area contributed by atoms with Crippen LogP contribution in [-0.4, -0.2) is 133 Å². The Bertz CT molecular complexity index is 2260. The van der Waals surface area contributed by atoms with Crippen LogP contribution in [0.4, 0.5) is 21.0 Å². The van der Waals surface area contributed by atoms with Crippen molar-refractivity contribution < 1.29 is 57.3 Å². The van der Waals surface area contributed by atoms with Gasteiger partial charge < -0.3 is 49.2 Å². The fourth-order valence-electron chi connectivity index (χ4n) is 9.78. The van der Waals surface area contributed by atoms with Crippen molar-refractivity contribution >= 4 is 82.3 Å². The number of methoxy groups -OCH3 is 2. The van der Waals surface area contributed by atoms with Crippen LogP contribution in [-0.2, 0) is 47.7 Å². The van der Waals surface area contributed by atoms with Gasteiger partial charge in [-0.3, -0.25) is 19.2 Å². The Kier molecular flexibility index (Phi) is 18.4. The van der Waals surface area contributed by atoms with Crippen LogP contribution in [0.3, 0.4) is 0 Å². The summed E-state index contributed by atoms with van der Waals surface area (Å²) in [5.74, 6) is -2.16. The molecule has 0 aromatic heterocycles. The third-order valence-electron chi connectivity index (χ3n) is 13.0. The number of alkyl carbamates (subject to hydrolysis) is 2. The molecule has 0 bridgehead atoms. The van der Waals surface area contributed by atoms with E-state index in [4.69, 9.17) is 42.1 Å². The number of nitrogens with one attached hydrogen (secondary N) is 2. The molecule has 4 aliphatic rings. The van der Waals surface area contributed by atoms with Gasteiger partial charge in [-0.25, -0.2) is 19.2 Å². The molecule has 4 heterocycles. The van der Waals surface area contributed by atoms with Crippen molar-refractivity contribution in [2.24, 2.45) is 21.7 Å². The van der Waals surface area contributed by atoms with E-state index >= 15 is 0 Å². The number of carbonyl (C=O) groups excluding carboxylic acids is 8. The van der Waals surface area contributed by atoms with Gasteiger partial charge in [0, 0.05) is 71.3 Å². The van der Waals surface area contributed by atoms with Crippen molar-refractivity contribution in [3.8, 4) is 0 Å². The molecule has 6 rings (SSSR count). The minimum absolute atomic E-state index is 0. The Morgan fingerprint density at radius 2 is 0.904 bits per heavy atom. The molecule has 20 heteroatoms. The molecule has 18 nitrogen and oxygen atoms in total. The van der Waals surface area contributed by atoms with Crippen LogP contribution >= 0.6 is 23.2 Å². The molecule has 6 amide bonds. The summed E-state index contributed by atoms with van der Waals surface area (Å²) in [5, 5.41) is 6.42. The number of hydrogen-bond acceptors (Lipinski definition) is 12. The van der Waals surface area contributed by atoms with Crippen molar-refractivity contribution in [2.45, 2.75) is 152 Å². The SMILES string of the molecule is C.COC(=O)[C@@H]1C[C@@]2(CC(=O)N(c3cccc(Cl)c3)C2)CN1C(=O)[C@@H](NC(=O)OC(C)(C)C)C(C)(C)C.COC(=O)[C@@H]1C[C@]2(CC(=O)N(c3cccc(Cl)c3)C2)CN1C(=O)[C@@H](NC(=O)OC(C)(C)C)C(C)(C)C. The number of amides is 6. The summed E-state index contributed by atoms with van der Waals surface area (Å²) in [6, 6.07) is 10.4. The Labute approximate surface area is 440 Å². The minimum atomic E-state index is -0.962. The highest BCUT2D eigenvalue weighted by Crippen LogP contribution is 2.47. The average molecular weight is 1060 g/mol. The number of rotatable bonds is 8. The lowest BCUT2D eigenvalue weighted by atomic mass is 9.84. The summed E-state index contributed by atoms with van der Waals surface area (Å²) in [4.78, 5) is 111. The maximum absolute atomic E-state index is 13.9. The standard InChI is InChI=1S/2C26H36ClN3O6.CH4/c2*1-24(2,3)20(28-23(34)36-25(4,5)6)21(32)30-15-26(12-18(30)22(33)35-7)13-19(31)29(14-26)17-10-8-9-16(27)11-17;/h2*8-11,18,20H,12-15H2,1-7H3,(H,28,34);1H4/t18-,20+,26+;18-,20+,26-;/m00./s1. The summed E-state index contributed by atoms with van der Waals surface area (Å²) < 4.78 is 20.8. The molecule has 2 aromatic rings. The zero-order chi connectivity index (χ0) is 54.1. The highest BCUT2D eigenvalue weighted by molar-refractivity contribution is 6.31. The molecule has 2 N–H and O–H groups in total. The topological polar surface area (TPSA) is 210 Å². The quantitative estimate of drug-likeness (QED) is 0.189. The summed E-state index contributed by atoms with van der Waals surface area (Å²) in [6.07, 6.45) is -0.535. The van der Waals surface area contributed by atoms with Gasteiger partial charge >= 0.3 is 24.1 Å². The predicted molar refractivity (Wildman–Crippen MR) is 278 cm³/mol. The Morgan fingerprint density at radius 1 is 0.575 bits per heavy atom. The Morgan fingerprint density at radius 3 is 1.18 bits per heavy atom. The molecule has 4 saturated heterocycles. The van der Waals surface area contributed by atoms with Gasteiger partial charge in [0.15, 0.2) is 0 Å². The predicted octanol–water partition coefficient (Wildman–Crippen LogP) is 8.19. The van der Waals surface area contributed by atoms with E-state index in [0.717, 1.165) is 0 Å². The highest BCUT2D eigenvalue weighted by Gasteiger charge is 2.58. The number of nitrogens with zero attached hydrogens (tertiary/aromatic N) is 4. The second-order valence-corrected chi connectivity index (χ2v) is 24.5. The van der Waals surface area contributed by atoms with Gasteiger partial charge in [-0.15, -0.1) is 0 Å². The maximum Gasteiger partial charge on any atom is 0.408 e. The van der Waals surface area contributed by atoms with Crippen molar-refractivity contribution in [2.75, 3.05) is 50.2 Å². The van der Waals surface area contributed by atoms with Crippen molar-refractivity contribution in [1.82, 2.24) is 20.4 Å². The Hall–Kier alpha value is -5.62. The van der Waals surface area contributed by atoms with Crippen molar-refractivity contribution in [1.29, 1.82) is 0 Å². The van der Waals surface area contributed by atoms with E-state index in [1.54, 1.807) is 99.9 Å². The van der Waals surface area contributed by atoms with Crippen LogP contribution in [0.25, 0.3) is 0 Å². The molecule has 4 aliphatic heterocycles. The first-order valence-electron chi connectivity index (χ1n) is 24.0. The Balaban J connectivity index is 0.000000312. The molecule has 0 saturated carbocycles. The normalized spacial score (nSPS) is 22.8. The summed E-state index contributed by atoms with van der Waals surface area (Å²) in [5.41, 5.74) is -2.77. The molecular weight excluding hydrogens is 984 g/mol. The zero-order valence-electron chi connectivity index (χ0n) is 44.0. The van der Waals surface area contributed by atoms with E-state index in [2.05, 4.69) is 10.6 Å². The molecule has 73 heavy (non-hydrogen) atoms. The van der Waals surface area contributed by atoms with Gasteiger partial charge in [-0.2, -0.15) is 0 Å². The summed E-state index contributed by atoms with van der Waals surface area (Å²) >= 11 is 12.3. The summed E-state index contributed by atoms with van der Waals surface area (Å²) in [6.45, 7) is 22.4. The number of anilines is 2. The smallest absolute Gasteiger partial charge is 0.408 e. The average Bonchev–Trinajstić information content (AvgIpc) is 4.00. The molecule has 4 fully saturated rings. The third kappa shape index (κ3) is 14.8. The van der Waals surface area contributed by atoms with Crippen LogP contribution in [0.15, 0.2) is 48.5 Å². The van der Waals surface area contributed by atoms with E-state index in [1.807, 2.05) is 41.5 Å². The number of carbonyl (C=O) groups is 8. The molecule has 0 aliphatic carbocycles. The number of esters is 2. The largest absolute Gasteiger partial charge is 0.467 e. The van der Waals surface area contributed by atoms with Crippen LogP contribution in [0.2, 0.25) is 10.0 Å². The lowest BCUT2D eigenvalue weighted by Crippen LogP contribution is -2.57.